The number of ether oxygens (including phenoxy) is 2. The topological polar surface area (TPSA) is 105 Å². The van der Waals surface area contributed by atoms with Crippen LogP contribution in [0.15, 0.2) is 54.6 Å². The van der Waals surface area contributed by atoms with Crippen LogP contribution < -0.4 is 15.0 Å². The van der Waals surface area contributed by atoms with Crippen LogP contribution in [0.4, 0.5) is 5.69 Å². The predicted molar refractivity (Wildman–Crippen MR) is 114 cm³/mol. The van der Waals surface area contributed by atoms with Gasteiger partial charge in [-0.25, -0.2) is 0 Å². The van der Waals surface area contributed by atoms with E-state index >= 15 is 0 Å². The second kappa shape index (κ2) is 10.6. The first-order chi connectivity index (χ1) is 15.0. The van der Waals surface area contributed by atoms with Gasteiger partial charge in [0, 0.05) is 0 Å². The lowest BCUT2D eigenvalue weighted by molar-refractivity contribution is -0.146. The highest BCUT2D eigenvalue weighted by Gasteiger charge is 2.35. The van der Waals surface area contributed by atoms with Gasteiger partial charge in [-0.05, 0) is 37.5 Å². The van der Waals surface area contributed by atoms with Crippen molar-refractivity contribution in [3.8, 4) is 5.75 Å². The van der Waals surface area contributed by atoms with Gasteiger partial charge >= 0.3 is 11.9 Å². The molecule has 164 valence electrons. The Bertz CT molecular complexity index is 917. The lowest BCUT2D eigenvalue weighted by Crippen LogP contribution is -2.55. The largest absolute Gasteiger partial charge is 0.489 e. The molecule has 8 heteroatoms. The minimum atomic E-state index is -1.14. The summed E-state index contributed by atoms with van der Waals surface area (Å²) in [4.78, 5) is 38.3. The summed E-state index contributed by atoms with van der Waals surface area (Å²) in [5, 5.41) is 12.4. The van der Waals surface area contributed by atoms with Gasteiger partial charge in [-0.3, -0.25) is 24.6 Å². The Kier molecular flexibility index (Phi) is 7.61. The molecular formula is C23H26N2O6. The molecule has 0 aromatic heterocycles. The number of para-hydroxylation sites is 2. The molecule has 2 aromatic rings. The van der Waals surface area contributed by atoms with E-state index in [0.717, 1.165) is 5.56 Å². The molecule has 31 heavy (non-hydrogen) atoms. The highest BCUT2D eigenvalue weighted by atomic mass is 16.5. The third kappa shape index (κ3) is 5.82. The van der Waals surface area contributed by atoms with Crippen molar-refractivity contribution in [3.63, 3.8) is 0 Å². The minimum Gasteiger partial charge on any atom is -0.489 e. The van der Waals surface area contributed by atoms with Crippen molar-refractivity contribution >= 4 is 23.5 Å². The molecule has 3 rings (SSSR count). The van der Waals surface area contributed by atoms with Gasteiger partial charge in [-0.2, -0.15) is 0 Å². The van der Waals surface area contributed by atoms with E-state index in [0.29, 0.717) is 24.3 Å². The third-order valence-corrected chi connectivity index (χ3v) is 4.96. The number of fused-ring (bicyclic) bond motifs is 1. The van der Waals surface area contributed by atoms with Gasteiger partial charge in [0.1, 0.15) is 31.0 Å². The van der Waals surface area contributed by atoms with Crippen LogP contribution in [0.5, 0.6) is 5.75 Å². The Labute approximate surface area is 180 Å². The molecule has 0 spiro atoms. The van der Waals surface area contributed by atoms with E-state index in [9.17, 15) is 19.5 Å². The zero-order chi connectivity index (χ0) is 22.2. The number of hydrogen-bond donors (Lipinski definition) is 2. The Balaban J connectivity index is 1.79. The smallest absolute Gasteiger partial charge is 0.323 e. The summed E-state index contributed by atoms with van der Waals surface area (Å²) in [6, 6.07) is 14.8. The van der Waals surface area contributed by atoms with E-state index in [-0.39, 0.29) is 13.2 Å². The summed E-state index contributed by atoms with van der Waals surface area (Å²) in [6.45, 7) is 1.39. The van der Waals surface area contributed by atoms with E-state index < -0.39 is 36.5 Å². The molecule has 0 radical (unpaired) electrons. The number of nitrogens with one attached hydrogen (secondary N) is 1. The van der Waals surface area contributed by atoms with E-state index in [1.807, 2.05) is 30.3 Å². The van der Waals surface area contributed by atoms with Crippen molar-refractivity contribution in [1.82, 2.24) is 5.32 Å². The number of hydrogen-bond acceptors (Lipinski definition) is 6. The zero-order valence-corrected chi connectivity index (χ0v) is 17.3. The molecule has 8 nitrogen and oxygen atoms in total. The first-order valence-electron chi connectivity index (χ1n) is 10.2. The van der Waals surface area contributed by atoms with Crippen LogP contribution in [0.1, 0.15) is 18.9 Å². The number of carboxylic acid groups (broad SMARTS) is 1. The molecule has 1 amide bonds. The summed E-state index contributed by atoms with van der Waals surface area (Å²) in [6.07, 6.45) is 1.02. The van der Waals surface area contributed by atoms with Crippen LogP contribution in [0, 0.1) is 0 Å². The van der Waals surface area contributed by atoms with Crippen LogP contribution in [-0.2, 0) is 25.5 Å². The molecule has 1 aliphatic rings. The first kappa shape index (κ1) is 22.3. The number of carbonyl (C=O) groups is 3. The normalized spacial score (nSPS) is 16.6. The Morgan fingerprint density at radius 1 is 1.19 bits per heavy atom. The number of nitrogens with zero attached hydrogens (tertiary/aromatic N) is 1. The van der Waals surface area contributed by atoms with Gasteiger partial charge < -0.3 is 14.6 Å². The maximum atomic E-state index is 13.2. The lowest BCUT2D eigenvalue weighted by Gasteiger charge is -2.26. The summed E-state index contributed by atoms with van der Waals surface area (Å²) < 4.78 is 11.0. The second-order valence-electron chi connectivity index (χ2n) is 7.15. The Morgan fingerprint density at radius 3 is 2.61 bits per heavy atom. The summed E-state index contributed by atoms with van der Waals surface area (Å²) in [5.74, 6) is -1.66. The standard InChI is InChI=1S/C23H26N2O6/c1-2-30-23(29)17(13-12-16-8-4-3-5-9-16)24-18-15-31-20-11-7-6-10-19(20)25(22(18)28)14-21(26)27/h3-11,17-18,24H,2,12-15H2,1H3,(H,26,27)/t17?,18-/m0/s1. The molecular weight excluding hydrogens is 400 g/mol. The van der Waals surface area contributed by atoms with Gasteiger partial charge in [-0.1, -0.05) is 42.5 Å². The van der Waals surface area contributed by atoms with Crippen LogP contribution in [0.25, 0.3) is 0 Å². The predicted octanol–water partition coefficient (Wildman–Crippen LogP) is 2.02. The van der Waals surface area contributed by atoms with E-state index in [2.05, 4.69) is 5.32 Å². The van der Waals surface area contributed by atoms with Crippen molar-refractivity contribution in [1.29, 1.82) is 0 Å². The SMILES string of the molecule is CCOC(=O)C(CCc1ccccc1)N[C@H]1COc2ccccc2N(CC(=O)O)C1=O. The van der Waals surface area contributed by atoms with Gasteiger partial charge in [0.15, 0.2) is 0 Å². The molecule has 2 N–H and O–H groups in total. The maximum Gasteiger partial charge on any atom is 0.323 e. The number of carboxylic acids is 1. The number of aliphatic carboxylic acids is 1. The summed E-state index contributed by atoms with van der Waals surface area (Å²) in [7, 11) is 0. The van der Waals surface area contributed by atoms with Gasteiger partial charge in [0.25, 0.3) is 0 Å². The van der Waals surface area contributed by atoms with E-state index in [4.69, 9.17) is 9.47 Å². The number of anilines is 1. The molecule has 1 unspecified atom stereocenters. The fourth-order valence-electron chi connectivity index (χ4n) is 3.48. The third-order valence-electron chi connectivity index (χ3n) is 4.96. The van der Waals surface area contributed by atoms with Crippen LogP contribution >= 0.6 is 0 Å². The van der Waals surface area contributed by atoms with Gasteiger partial charge in [-0.15, -0.1) is 0 Å². The number of rotatable bonds is 9. The molecule has 0 bridgehead atoms. The van der Waals surface area contributed by atoms with Gasteiger partial charge in [0.05, 0.1) is 12.3 Å². The van der Waals surface area contributed by atoms with E-state index in [1.54, 1.807) is 31.2 Å². The number of esters is 1. The number of benzene rings is 2. The quantitative estimate of drug-likeness (QED) is 0.591. The average molecular weight is 426 g/mol. The summed E-state index contributed by atoms with van der Waals surface area (Å²) >= 11 is 0. The molecule has 0 saturated carbocycles. The monoisotopic (exact) mass is 426 g/mol. The van der Waals surface area contributed by atoms with Crippen molar-refractivity contribution in [2.45, 2.75) is 31.8 Å². The van der Waals surface area contributed by atoms with E-state index in [1.165, 1.54) is 4.90 Å². The van der Waals surface area contributed by atoms with Crippen molar-refractivity contribution in [2.75, 3.05) is 24.7 Å². The van der Waals surface area contributed by atoms with Crippen LogP contribution in [-0.4, -0.2) is 54.8 Å². The maximum absolute atomic E-state index is 13.2. The zero-order valence-electron chi connectivity index (χ0n) is 17.3. The molecule has 0 fully saturated rings. The lowest BCUT2D eigenvalue weighted by atomic mass is 10.0. The fraction of sp³-hybridized carbons (Fsp3) is 0.348. The van der Waals surface area contributed by atoms with Crippen molar-refractivity contribution in [3.05, 3.63) is 60.2 Å². The molecule has 0 aliphatic carbocycles. The molecule has 2 aromatic carbocycles. The molecule has 1 heterocycles. The Hall–Kier alpha value is -3.39. The highest BCUT2D eigenvalue weighted by molar-refractivity contribution is 6.02. The molecule has 1 aliphatic heterocycles. The number of aryl methyl sites for hydroxylation is 1. The average Bonchev–Trinajstić information content (AvgIpc) is 2.89. The first-order valence-corrected chi connectivity index (χ1v) is 10.2. The van der Waals surface area contributed by atoms with Crippen LogP contribution in [0.3, 0.4) is 0 Å². The Morgan fingerprint density at radius 2 is 1.90 bits per heavy atom. The second-order valence-corrected chi connectivity index (χ2v) is 7.15. The minimum absolute atomic E-state index is 0.0345. The van der Waals surface area contributed by atoms with Gasteiger partial charge in [0.2, 0.25) is 5.91 Å². The summed E-state index contributed by atoms with van der Waals surface area (Å²) in [5.41, 5.74) is 1.44. The molecule has 0 saturated heterocycles. The fourth-order valence-corrected chi connectivity index (χ4v) is 3.48. The van der Waals surface area contributed by atoms with Crippen molar-refractivity contribution in [2.24, 2.45) is 0 Å². The van der Waals surface area contributed by atoms with Crippen LogP contribution in [0.2, 0.25) is 0 Å². The highest BCUT2D eigenvalue weighted by Crippen LogP contribution is 2.31. The van der Waals surface area contributed by atoms with Crippen molar-refractivity contribution < 1.29 is 29.0 Å². The number of amides is 1. The molecule has 2 atom stereocenters. The number of carbonyl (C=O) groups excluding carboxylic acids is 2.